The van der Waals surface area contributed by atoms with Crippen LogP contribution in [0.4, 0.5) is 0 Å². The van der Waals surface area contributed by atoms with Gasteiger partial charge in [0.2, 0.25) is 0 Å². The van der Waals surface area contributed by atoms with Crippen LogP contribution in [0.2, 0.25) is 15.1 Å². The molecule has 0 aliphatic heterocycles. The van der Waals surface area contributed by atoms with Crippen molar-refractivity contribution in [3.63, 3.8) is 0 Å². The molecule has 1 heterocycles. The van der Waals surface area contributed by atoms with Gasteiger partial charge in [-0.25, -0.2) is 4.98 Å². The molecule has 1 aromatic heterocycles. The van der Waals surface area contributed by atoms with Crippen LogP contribution in [0.3, 0.4) is 0 Å². The van der Waals surface area contributed by atoms with Crippen LogP contribution >= 0.6 is 46.1 Å². The third-order valence-electron chi connectivity index (χ3n) is 1.90. The molecule has 0 radical (unpaired) electrons. The van der Waals surface area contributed by atoms with Gasteiger partial charge in [-0.3, -0.25) is 0 Å². The molecule has 2 rings (SSSR count). The lowest BCUT2D eigenvalue weighted by atomic mass is 10.2. The minimum atomic E-state index is 0.456. The van der Waals surface area contributed by atoms with Gasteiger partial charge < -0.3 is 0 Å². The van der Waals surface area contributed by atoms with Gasteiger partial charge in [-0.1, -0.05) is 34.8 Å². The van der Waals surface area contributed by atoms with Gasteiger partial charge in [0.1, 0.15) is 0 Å². The Hall–Kier alpha value is -0.280. The van der Waals surface area contributed by atoms with Crippen LogP contribution in [-0.2, 0) is 0 Å². The fraction of sp³-hybridized carbons (Fsp3) is 0.100. The highest BCUT2D eigenvalue weighted by Gasteiger charge is 2.10. The van der Waals surface area contributed by atoms with Crippen LogP contribution in [0.25, 0.3) is 11.3 Å². The van der Waals surface area contributed by atoms with Gasteiger partial charge in [0.25, 0.3) is 0 Å². The average molecular weight is 279 g/mol. The van der Waals surface area contributed by atoms with Crippen LogP contribution in [0.1, 0.15) is 5.01 Å². The molecule has 1 aromatic carbocycles. The van der Waals surface area contributed by atoms with Crippen molar-refractivity contribution < 1.29 is 0 Å². The van der Waals surface area contributed by atoms with E-state index in [4.69, 9.17) is 34.8 Å². The zero-order valence-corrected chi connectivity index (χ0v) is 10.8. The van der Waals surface area contributed by atoms with E-state index in [-0.39, 0.29) is 0 Å². The van der Waals surface area contributed by atoms with Gasteiger partial charge in [-0.2, -0.15) is 0 Å². The number of thiazole rings is 1. The lowest BCUT2D eigenvalue weighted by molar-refractivity contribution is 1.30. The van der Waals surface area contributed by atoms with Crippen molar-refractivity contribution in [3.8, 4) is 11.3 Å². The summed E-state index contributed by atoms with van der Waals surface area (Å²) in [5, 5.41) is 4.45. The van der Waals surface area contributed by atoms with Crippen molar-refractivity contribution in [2.24, 2.45) is 0 Å². The monoisotopic (exact) mass is 277 g/mol. The number of halogens is 3. The molecule has 1 nitrogen and oxygen atoms in total. The summed E-state index contributed by atoms with van der Waals surface area (Å²) >= 11 is 19.4. The van der Waals surface area contributed by atoms with Gasteiger partial charge in [0, 0.05) is 10.9 Å². The Kier molecular flexibility index (Phi) is 3.21. The van der Waals surface area contributed by atoms with E-state index in [2.05, 4.69) is 4.98 Å². The summed E-state index contributed by atoms with van der Waals surface area (Å²) in [6, 6.07) is 3.37. The summed E-state index contributed by atoms with van der Waals surface area (Å²) in [7, 11) is 0. The molecular formula is C10H6Cl3NS. The van der Waals surface area contributed by atoms with Crippen molar-refractivity contribution in [2.45, 2.75) is 6.92 Å². The van der Waals surface area contributed by atoms with E-state index >= 15 is 0 Å². The van der Waals surface area contributed by atoms with Crippen LogP contribution in [0.15, 0.2) is 17.5 Å². The molecule has 0 aliphatic rings. The summed E-state index contributed by atoms with van der Waals surface area (Å²) in [6.07, 6.45) is 0. The summed E-state index contributed by atoms with van der Waals surface area (Å²) in [5.41, 5.74) is 1.65. The number of benzene rings is 1. The Labute approximate surface area is 107 Å². The highest BCUT2D eigenvalue weighted by Crippen LogP contribution is 2.35. The Morgan fingerprint density at radius 3 is 2.33 bits per heavy atom. The van der Waals surface area contributed by atoms with E-state index in [9.17, 15) is 0 Å². The van der Waals surface area contributed by atoms with E-state index in [0.29, 0.717) is 15.1 Å². The molecule has 78 valence electrons. The van der Waals surface area contributed by atoms with Crippen LogP contribution in [-0.4, -0.2) is 4.98 Å². The molecule has 2 aromatic rings. The van der Waals surface area contributed by atoms with Gasteiger partial charge in [-0.15, -0.1) is 11.3 Å². The van der Waals surface area contributed by atoms with Crippen molar-refractivity contribution in [3.05, 3.63) is 37.6 Å². The zero-order valence-electron chi connectivity index (χ0n) is 7.72. The summed E-state index contributed by atoms with van der Waals surface area (Å²) in [4.78, 5) is 4.34. The first-order valence-corrected chi connectivity index (χ1v) is 6.16. The summed E-state index contributed by atoms with van der Waals surface area (Å²) in [5.74, 6) is 0. The summed E-state index contributed by atoms with van der Waals surface area (Å²) < 4.78 is 0. The fourth-order valence-electron chi connectivity index (χ4n) is 1.21. The molecule has 0 N–H and O–H groups in total. The Bertz CT molecular complexity index is 507. The van der Waals surface area contributed by atoms with E-state index in [1.54, 1.807) is 23.5 Å². The number of hydrogen-bond donors (Lipinski definition) is 0. The molecular weight excluding hydrogens is 273 g/mol. The second kappa shape index (κ2) is 4.30. The number of nitrogens with zero attached hydrogens (tertiary/aromatic N) is 1. The van der Waals surface area contributed by atoms with Crippen molar-refractivity contribution in [2.75, 3.05) is 0 Å². The highest BCUT2D eigenvalue weighted by molar-refractivity contribution is 7.09. The molecule has 0 saturated heterocycles. The lowest BCUT2D eigenvalue weighted by Crippen LogP contribution is -1.81. The molecule has 0 aliphatic carbocycles. The maximum Gasteiger partial charge on any atom is 0.0901 e. The molecule has 15 heavy (non-hydrogen) atoms. The van der Waals surface area contributed by atoms with Crippen LogP contribution < -0.4 is 0 Å². The third kappa shape index (κ3) is 2.28. The summed E-state index contributed by atoms with van der Waals surface area (Å²) in [6.45, 7) is 1.94. The number of rotatable bonds is 1. The van der Waals surface area contributed by atoms with Crippen LogP contribution in [0.5, 0.6) is 0 Å². The highest BCUT2D eigenvalue weighted by atomic mass is 35.5. The third-order valence-corrected chi connectivity index (χ3v) is 3.71. The molecule has 0 atom stereocenters. The van der Waals surface area contributed by atoms with E-state index < -0.39 is 0 Å². The quantitative estimate of drug-likeness (QED) is 0.663. The molecule has 0 bridgehead atoms. The van der Waals surface area contributed by atoms with Gasteiger partial charge in [-0.05, 0) is 19.1 Å². The Morgan fingerprint density at radius 2 is 1.73 bits per heavy atom. The van der Waals surface area contributed by atoms with Crippen LogP contribution in [0, 0.1) is 6.92 Å². The van der Waals surface area contributed by atoms with E-state index in [1.165, 1.54) is 0 Å². The lowest BCUT2D eigenvalue weighted by Gasteiger charge is -2.03. The average Bonchev–Trinajstić information content (AvgIpc) is 2.58. The second-order valence-electron chi connectivity index (χ2n) is 3.00. The van der Waals surface area contributed by atoms with Gasteiger partial charge in [0.05, 0.1) is 25.8 Å². The smallest absolute Gasteiger partial charge is 0.0901 e. The standard InChI is InChI=1S/C10H6Cl3NS/c1-5-14-10(4-15-5)6-2-8(12)9(13)3-7(6)11/h2-4H,1H3. The van der Waals surface area contributed by atoms with E-state index in [0.717, 1.165) is 16.3 Å². The molecule has 0 spiro atoms. The topological polar surface area (TPSA) is 12.9 Å². The first-order valence-electron chi connectivity index (χ1n) is 4.15. The first kappa shape index (κ1) is 11.2. The Balaban J connectivity index is 2.58. The maximum atomic E-state index is 6.07. The fourth-order valence-corrected chi connectivity index (χ4v) is 2.46. The maximum absolute atomic E-state index is 6.07. The van der Waals surface area contributed by atoms with Crippen molar-refractivity contribution >= 4 is 46.1 Å². The van der Waals surface area contributed by atoms with Crippen molar-refractivity contribution in [1.82, 2.24) is 4.98 Å². The van der Waals surface area contributed by atoms with Gasteiger partial charge >= 0.3 is 0 Å². The predicted molar refractivity (Wildman–Crippen MR) is 67.3 cm³/mol. The molecule has 0 fully saturated rings. The van der Waals surface area contributed by atoms with Gasteiger partial charge in [0.15, 0.2) is 0 Å². The van der Waals surface area contributed by atoms with E-state index in [1.807, 2.05) is 12.3 Å². The number of aryl methyl sites for hydroxylation is 1. The molecule has 0 saturated carbocycles. The first-order chi connectivity index (χ1) is 7.08. The zero-order chi connectivity index (χ0) is 11.0. The second-order valence-corrected chi connectivity index (χ2v) is 5.28. The normalized spacial score (nSPS) is 10.7. The molecule has 0 unspecified atom stereocenters. The minimum absolute atomic E-state index is 0.456. The number of aromatic nitrogens is 1. The number of hydrogen-bond acceptors (Lipinski definition) is 2. The Morgan fingerprint density at radius 1 is 1.07 bits per heavy atom. The molecule has 5 heteroatoms. The largest absolute Gasteiger partial charge is 0.241 e. The van der Waals surface area contributed by atoms with Crippen molar-refractivity contribution in [1.29, 1.82) is 0 Å². The minimum Gasteiger partial charge on any atom is -0.241 e. The predicted octanol–water partition coefficient (Wildman–Crippen LogP) is 5.08. The molecule has 0 amide bonds. The SMILES string of the molecule is Cc1nc(-c2cc(Cl)c(Cl)cc2Cl)cs1.